The standard InChI is InChI=1S/C26H25FN4O2/c1-16-5-2-3-8-22(16)17-6-4-7-21(13-17)30-24-23(14-18(27)15-29-24)25(32)31(26(30)33)20-11-9-19(28)10-12-20/h2-8,13-15,19-20H,9-12,28H2,1H3/t19-,20+. The van der Waals surface area contributed by atoms with Crippen LogP contribution in [0, 0.1) is 12.7 Å². The van der Waals surface area contributed by atoms with Crippen LogP contribution in [0.2, 0.25) is 0 Å². The van der Waals surface area contributed by atoms with E-state index in [2.05, 4.69) is 4.98 Å². The molecule has 4 aromatic rings. The summed E-state index contributed by atoms with van der Waals surface area (Å²) in [5, 5.41) is 0.0887. The van der Waals surface area contributed by atoms with Gasteiger partial charge in [0, 0.05) is 12.1 Å². The number of hydrogen-bond acceptors (Lipinski definition) is 4. The molecule has 2 N–H and O–H groups in total. The van der Waals surface area contributed by atoms with Gasteiger partial charge in [0.25, 0.3) is 5.56 Å². The van der Waals surface area contributed by atoms with Gasteiger partial charge in [0.1, 0.15) is 5.82 Å². The van der Waals surface area contributed by atoms with Crippen LogP contribution in [-0.2, 0) is 0 Å². The molecule has 0 aliphatic heterocycles. The summed E-state index contributed by atoms with van der Waals surface area (Å²) < 4.78 is 16.8. The Morgan fingerprint density at radius 3 is 2.52 bits per heavy atom. The normalized spacial score (nSPS) is 18.5. The summed E-state index contributed by atoms with van der Waals surface area (Å²) in [6, 6.07) is 16.5. The molecule has 0 unspecified atom stereocenters. The molecule has 0 bridgehead atoms. The summed E-state index contributed by atoms with van der Waals surface area (Å²) in [5.74, 6) is -0.615. The van der Waals surface area contributed by atoms with Crippen LogP contribution in [-0.4, -0.2) is 20.2 Å². The maximum Gasteiger partial charge on any atom is 0.337 e. The fraction of sp³-hybridized carbons (Fsp3) is 0.269. The molecule has 1 saturated carbocycles. The fourth-order valence-corrected chi connectivity index (χ4v) is 4.81. The first-order chi connectivity index (χ1) is 15.9. The molecule has 0 radical (unpaired) electrons. The van der Waals surface area contributed by atoms with Crippen molar-refractivity contribution in [3.05, 3.63) is 93.0 Å². The van der Waals surface area contributed by atoms with Crippen molar-refractivity contribution >= 4 is 11.0 Å². The highest BCUT2D eigenvalue weighted by Gasteiger charge is 2.26. The molecule has 0 amide bonds. The van der Waals surface area contributed by atoms with Gasteiger partial charge in [0.2, 0.25) is 0 Å². The molecule has 7 heteroatoms. The second kappa shape index (κ2) is 8.41. The third kappa shape index (κ3) is 3.78. The second-order valence-corrected chi connectivity index (χ2v) is 8.75. The molecule has 0 spiro atoms. The predicted octanol–water partition coefficient (Wildman–Crippen LogP) is 4.10. The lowest BCUT2D eigenvalue weighted by atomic mass is 9.91. The number of nitrogens with zero attached hydrogens (tertiary/aromatic N) is 3. The molecular weight excluding hydrogens is 419 g/mol. The Balaban J connectivity index is 1.77. The number of fused-ring (bicyclic) bond motifs is 1. The number of hydrogen-bond donors (Lipinski definition) is 1. The third-order valence-corrected chi connectivity index (χ3v) is 6.56. The van der Waals surface area contributed by atoms with E-state index in [-0.39, 0.29) is 23.1 Å². The van der Waals surface area contributed by atoms with Gasteiger partial charge in [-0.25, -0.2) is 18.7 Å². The number of rotatable bonds is 3. The first-order valence-corrected chi connectivity index (χ1v) is 11.2. The number of aryl methyl sites for hydroxylation is 1. The summed E-state index contributed by atoms with van der Waals surface area (Å²) in [6.07, 6.45) is 3.77. The van der Waals surface area contributed by atoms with E-state index in [1.165, 1.54) is 9.13 Å². The van der Waals surface area contributed by atoms with Crippen molar-refractivity contribution in [2.75, 3.05) is 0 Å². The van der Waals surface area contributed by atoms with Gasteiger partial charge in [0.15, 0.2) is 5.65 Å². The topological polar surface area (TPSA) is 82.9 Å². The highest BCUT2D eigenvalue weighted by Crippen LogP contribution is 2.28. The third-order valence-electron chi connectivity index (χ3n) is 6.56. The molecule has 168 valence electrons. The van der Waals surface area contributed by atoms with E-state index >= 15 is 0 Å². The first-order valence-electron chi connectivity index (χ1n) is 11.2. The minimum Gasteiger partial charge on any atom is -0.328 e. The Morgan fingerprint density at radius 1 is 1.00 bits per heavy atom. The van der Waals surface area contributed by atoms with E-state index in [1.54, 1.807) is 6.07 Å². The van der Waals surface area contributed by atoms with E-state index in [0.29, 0.717) is 18.5 Å². The number of nitrogens with two attached hydrogens (primary N) is 1. The minimum atomic E-state index is -0.615. The quantitative estimate of drug-likeness (QED) is 0.516. The Kier molecular flexibility index (Phi) is 5.42. The largest absolute Gasteiger partial charge is 0.337 e. The summed E-state index contributed by atoms with van der Waals surface area (Å²) in [6.45, 7) is 2.03. The van der Waals surface area contributed by atoms with Gasteiger partial charge in [-0.15, -0.1) is 0 Å². The highest BCUT2D eigenvalue weighted by molar-refractivity contribution is 5.77. The highest BCUT2D eigenvalue weighted by atomic mass is 19.1. The van der Waals surface area contributed by atoms with E-state index in [9.17, 15) is 14.0 Å². The summed E-state index contributed by atoms with van der Waals surface area (Å²) in [7, 11) is 0. The van der Waals surface area contributed by atoms with Crippen molar-refractivity contribution in [1.82, 2.24) is 14.1 Å². The first kappa shape index (κ1) is 21.3. The zero-order valence-electron chi connectivity index (χ0n) is 18.4. The van der Waals surface area contributed by atoms with Crippen molar-refractivity contribution in [1.29, 1.82) is 0 Å². The van der Waals surface area contributed by atoms with Crippen LogP contribution in [0.5, 0.6) is 0 Å². The van der Waals surface area contributed by atoms with Crippen LogP contribution in [0.15, 0.2) is 70.4 Å². The molecule has 0 atom stereocenters. The second-order valence-electron chi connectivity index (χ2n) is 8.75. The van der Waals surface area contributed by atoms with Crippen molar-refractivity contribution in [3.63, 3.8) is 0 Å². The van der Waals surface area contributed by atoms with Crippen molar-refractivity contribution in [3.8, 4) is 16.8 Å². The average molecular weight is 445 g/mol. The maximum absolute atomic E-state index is 14.1. The molecule has 0 saturated heterocycles. The average Bonchev–Trinajstić information content (AvgIpc) is 2.81. The molecule has 33 heavy (non-hydrogen) atoms. The summed E-state index contributed by atoms with van der Waals surface area (Å²) in [4.78, 5) is 31.2. The van der Waals surface area contributed by atoms with Crippen molar-refractivity contribution in [2.45, 2.75) is 44.7 Å². The zero-order valence-corrected chi connectivity index (χ0v) is 18.4. The van der Waals surface area contributed by atoms with Crippen LogP contribution in [0.1, 0.15) is 37.3 Å². The number of pyridine rings is 1. The lowest BCUT2D eigenvalue weighted by molar-refractivity contribution is 0.309. The van der Waals surface area contributed by atoms with E-state index < -0.39 is 17.1 Å². The molecule has 5 rings (SSSR count). The molecule has 1 aliphatic carbocycles. The SMILES string of the molecule is Cc1ccccc1-c1cccc(-n2c(=O)n([C@H]3CC[C@@H](N)CC3)c(=O)c3cc(F)cnc32)c1. The fourth-order valence-electron chi connectivity index (χ4n) is 4.81. The summed E-state index contributed by atoms with van der Waals surface area (Å²) >= 11 is 0. The molecule has 1 fully saturated rings. The molecule has 2 aromatic carbocycles. The van der Waals surface area contributed by atoms with E-state index in [0.717, 1.165) is 41.8 Å². The Labute approximate surface area is 190 Å². The van der Waals surface area contributed by atoms with Crippen molar-refractivity contribution < 1.29 is 4.39 Å². The zero-order chi connectivity index (χ0) is 23.1. The van der Waals surface area contributed by atoms with Crippen LogP contribution in [0.25, 0.3) is 27.8 Å². The monoisotopic (exact) mass is 444 g/mol. The lowest BCUT2D eigenvalue weighted by Crippen LogP contribution is -2.44. The maximum atomic E-state index is 14.1. The smallest absolute Gasteiger partial charge is 0.328 e. The van der Waals surface area contributed by atoms with Gasteiger partial charge in [-0.2, -0.15) is 0 Å². The van der Waals surface area contributed by atoms with Crippen LogP contribution < -0.4 is 17.0 Å². The lowest BCUT2D eigenvalue weighted by Gasteiger charge is -2.28. The Morgan fingerprint density at radius 2 is 1.76 bits per heavy atom. The van der Waals surface area contributed by atoms with Gasteiger partial charge < -0.3 is 5.73 Å². The van der Waals surface area contributed by atoms with Crippen molar-refractivity contribution in [2.24, 2.45) is 5.73 Å². The van der Waals surface area contributed by atoms with Gasteiger partial charge in [-0.3, -0.25) is 9.36 Å². The van der Waals surface area contributed by atoms with E-state index in [4.69, 9.17) is 5.73 Å². The Bertz CT molecular complexity index is 1470. The molecule has 2 heterocycles. The van der Waals surface area contributed by atoms with Gasteiger partial charge in [0.05, 0.1) is 17.3 Å². The number of halogens is 1. The van der Waals surface area contributed by atoms with Crippen LogP contribution in [0.4, 0.5) is 4.39 Å². The van der Waals surface area contributed by atoms with Gasteiger partial charge in [-0.1, -0.05) is 36.4 Å². The molecule has 1 aliphatic rings. The predicted molar refractivity (Wildman–Crippen MR) is 127 cm³/mol. The molecular formula is C26H25FN4O2. The van der Waals surface area contributed by atoms with Crippen LogP contribution >= 0.6 is 0 Å². The number of aromatic nitrogens is 3. The minimum absolute atomic E-state index is 0.0736. The Hall–Kier alpha value is -3.58. The van der Waals surface area contributed by atoms with Crippen LogP contribution in [0.3, 0.4) is 0 Å². The number of benzene rings is 2. The molecule has 6 nitrogen and oxygen atoms in total. The summed E-state index contributed by atoms with van der Waals surface area (Å²) in [5.41, 5.74) is 8.88. The molecule has 2 aromatic heterocycles. The van der Waals surface area contributed by atoms with Gasteiger partial charge in [-0.05, 0) is 67.5 Å². The van der Waals surface area contributed by atoms with Gasteiger partial charge >= 0.3 is 5.69 Å². The van der Waals surface area contributed by atoms with E-state index in [1.807, 2.05) is 49.4 Å².